The average molecular weight is 264 g/mol. The van der Waals surface area contributed by atoms with Gasteiger partial charge in [-0.1, -0.05) is 15.9 Å². The van der Waals surface area contributed by atoms with Gasteiger partial charge in [0.25, 0.3) is 0 Å². The summed E-state index contributed by atoms with van der Waals surface area (Å²) in [5.74, 6) is 0.164. The highest BCUT2D eigenvalue weighted by Crippen LogP contribution is 2.15. The zero-order valence-electron chi connectivity index (χ0n) is 8.16. The predicted octanol–water partition coefficient (Wildman–Crippen LogP) is 1.57. The molecule has 1 aliphatic heterocycles. The highest BCUT2D eigenvalue weighted by atomic mass is 79.9. The molecule has 1 fully saturated rings. The highest BCUT2D eigenvalue weighted by molar-refractivity contribution is 9.10. The van der Waals surface area contributed by atoms with E-state index in [0.717, 1.165) is 0 Å². The quantitative estimate of drug-likeness (QED) is 0.675. The van der Waals surface area contributed by atoms with Crippen LogP contribution in [0.3, 0.4) is 0 Å². The van der Waals surface area contributed by atoms with Crippen molar-refractivity contribution in [2.24, 2.45) is 0 Å². The Balaban J connectivity index is 2.49. The molecule has 0 aliphatic carbocycles. The topological polar surface area (TPSA) is 46.6 Å². The molecule has 0 saturated carbocycles. The fourth-order valence-corrected chi connectivity index (χ4v) is 1.77. The first-order valence-corrected chi connectivity index (χ1v) is 5.65. The van der Waals surface area contributed by atoms with Crippen LogP contribution in [0.15, 0.2) is 0 Å². The molecule has 1 aliphatic rings. The van der Waals surface area contributed by atoms with Gasteiger partial charge in [0.2, 0.25) is 0 Å². The first-order valence-electron chi connectivity index (χ1n) is 4.73. The Morgan fingerprint density at radius 1 is 1.64 bits per heavy atom. The summed E-state index contributed by atoms with van der Waals surface area (Å²) >= 11 is 3.29. The summed E-state index contributed by atoms with van der Waals surface area (Å²) in [4.78, 5) is 24.1. The fraction of sp³-hybridized carbons (Fsp3) is 0.778. The lowest BCUT2D eigenvalue weighted by molar-refractivity contribution is -0.118. The van der Waals surface area contributed by atoms with Crippen molar-refractivity contribution in [3.63, 3.8) is 0 Å². The van der Waals surface area contributed by atoms with Crippen LogP contribution in [0, 0.1) is 0 Å². The minimum absolute atomic E-state index is 0.109. The lowest BCUT2D eigenvalue weighted by atomic mass is 10.2. The van der Waals surface area contributed by atoms with Crippen LogP contribution >= 0.6 is 15.9 Å². The molecule has 1 saturated heterocycles. The third-order valence-corrected chi connectivity index (χ3v) is 3.12. The van der Waals surface area contributed by atoms with Gasteiger partial charge in [0.15, 0.2) is 0 Å². The Kier molecular flexibility index (Phi) is 4.38. The maximum absolute atomic E-state index is 11.3. The molecule has 0 aromatic rings. The van der Waals surface area contributed by atoms with Crippen molar-refractivity contribution in [1.82, 2.24) is 4.90 Å². The summed E-state index contributed by atoms with van der Waals surface area (Å²) in [5, 5.41) is 0. The van der Waals surface area contributed by atoms with Crippen LogP contribution in [-0.2, 0) is 9.53 Å². The molecule has 0 spiro atoms. The molecule has 1 atom stereocenters. The molecule has 0 aromatic carbocycles. The maximum Gasteiger partial charge on any atom is 0.409 e. The number of likely N-dealkylation sites (tertiary alicyclic amines) is 1. The number of rotatable bonds is 1. The number of hydrogen-bond acceptors (Lipinski definition) is 3. The van der Waals surface area contributed by atoms with E-state index in [1.165, 1.54) is 0 Å². The van der Waals surface area contributed by atoms with E-state index in [2.05, 4.69) is 15.9 Å². The average Bonchev–Trinajstić information content (AvgIpc) is 2.31. The van der Waals surface area contributed by atoms with Crippen molar-refractivity contribution in [2.75, 3.05) is 19.7 Å². The van der Waals surface area contributed by atoms with E-state index in [1.54, 1.807) is 11.8 Å². The second kappa shape index (κ2) is 5.34. The minimum Gasteiger partial charge on any atom is -0.450 e. The highest BCUT2D eigenvalue weighted by Gasteiger charge is 2.24. The first kappa shape index (κ1) is 11.5. The predicted molar refractivity (Wildman–Crippen MR) is 55.6 cm³/mol. The fourth-order valence-electron chi connectivity index (χ4n) is 1.34. The molecule has 14 heavy (non-hydrogen) atoms. The standard InChI is InChI=1S/C9H14BrNO3/c1-2-14-9(13)11-5-3-7(10)8(12)4-6-11/h7H,2-6H2,1H3. The van der Waals surface area contributed by atoms with Gasteiger partial charge in [0.05, 0.1) is 11.4 Å². The van der Waals surface area contributed by atoms with Gasteiger partial charge in [-0.2, -0.15) is 0 Å². The number of ether oxygens (including phenoxy) is 1. The van der Waals surface area contributed by atoms with Crippen molar-refractivity contribution in [2.45, 2.75) is 24.6 Å². The lowest BCUT2D eigenvalue weighted by Crippen LogP contribution is -2.32. The third kappa shape index (κ3) is 2.97. The number of carbonyl (C=O) groups excluding carboxylic acids is 2. The summed E-state index contributed by atoms with van der Waals surface area (Å²) < 4.78 is 4.87. The first-order chi connectivity index (χ1) is 6.65. The lowest BCUT2D eigenvalue weighted by Gasteiger charge is -2.18. The molecule has 1 heterocycles. The molecule has 4 nitrogen and oxygen atoms in total. The van der Waals surface area contributed by atoms with E-state index < -0.39 is 0 Å². The number of nitrogens with zero attached hydrogens (tertiary/aromatic N) is 1. The Morgan fingerprint density at radius 2 is 2.36 bits per heavy atom. The summed E-state index contributed by atoms with van der Waals surface area (Å²) in [6.45, 7) is 3.20. The molecule has 1 rings (SSSR count). The monoisotopic (exact) mass is 263 g/mol. The second-order valence-electron chi connectivity index (χ2n) is 3.16. The molecule has 5 heteroatoms. The Morgan fingerprint density at radius 3 is 3.00 bits per heavy atom. The number of Topliss-reactive ketones (excluding diaryl/α,β-unsaturated/α-hetero) is 1. The molecular formula is C9H14BrNO3. The Bertz CT molecular complexity index is 232. The van der Waals surface area contributed by atoms with Crippen molar-refractivity contribution >= 4 is 27.8 Å². The summed E-state index contributed by atoms with van der Waals surface area (Å²) in [6, 6.07) is 0. The Hall–Kier alpha value is -0.580. The van der Waals surface area contributed by atoms with Gasteiger partial charge in [-0.25, -0.2) is 4.79 Å². The molecule has 0 bridgehead atoms. The third-order valence-electron chi connectivity index (χ3n) is 2.16. The normalized spacial score (nSPS) is 23.1. The SMILES string of the molecule is CCOC(=O)N1CCC(=O)C(Br)CC1. The zero-order valence-corrected chi connectivity index (χ0v) is 9.75. The van der Waals surface area contributed by atoms with Crippen LogP contribution in [0.5, 0.6) is 0 Å². The van der Waals surface area contributed by atoms with E-state index in [-0.39, 0.29) is 16.7 Å². The summed E-state index contributed by atoms with van der Waals surface area (Å²) in [6.07, 6.45) is 0.758. The van der Waals surface area contributed by atoms with Crippen molar-refractivity contribution in [3.05, 3.63) is 0 Å². The number of carbonyl (C=O) groups is 2. The van der Waals surface area contributed by atoms with Crippen LogP contribution < -0.4 is 0 Å². The minimum atomic E-state index is -0.318. The van der Waals surface area contributed by atoms with Gasteiger partial charge in [-0.15, -0.1) is 0 Å². The van der Waals surface area contributed by atoms with Crippen molar-refractivity contribution in [3.8, 4) is 0 Å². The van der Waals surface area contributed by atoms with E-state index >= 15 is 0 Å². The van der Waals surface area contributed by atoms with Crippen LogP contribution in [0.2, 0.25) is 0 Å². The van der Waals surface area contributed by atoms with Gasteiger partial charge >= 0.3 is 6.09 Å². The number of ketones is 1. The molecular weight excluding hydrogens is 250 g/mol. The molecule has 0 radical (unpaired) electrons. The zero-order chi connectivity index (χ0) is 10.6. The largest absolute Gasteiger partial charge is 0.450 e. The van der Waals surface area contributed by atoms with Gasteiger partial charge in [0.1, 0.15) is 5.78 Å². The van der Waals surface area contributed by atoms with Crippen LogP contribution in [0.4, 0.5) is 4.79 Å². The van der Waals surface area contributed by atoms with Crippen molar-refractivity contribution < 1.29 is 14.3 Å². The van der Waals surface area contributed by atoms with Crippen LogP contribution in [0.25, 0.3) is 0 Å². The summed E-state index contributed by atoms with van der Waals surface area (Å²) in [5.41, 5.74) is 0. The van der Waals surface area contributed by atoms with E-state index in [9.17, 15) is 9.59 Å². The second-order valence-corrected chi connectivity index (χ2v) is 4.26. The number of halogens is 1. The number of alkyl halides is 1. The van der Waals surface area contributed by atoms with Gasteiger partial charge < -0.3 is 9.64 Å². The smallest absolute Gasteiger partial charge is 0.409 e. The molecule has 1 unspecified atom stereocenters. The van der Waals surface area contributed by atoms with E-state index in [4.69, 9.17) is 4.74 Å². The summed E-state index contributed by atoms with van der Waals surface area (Å²) in [7, 11) is 0. The molecule has 0 aromatic heterocycles. The van der Waals surface area contributed by atoms with Gasteiger partial charge in [-0.3, -0.25) is 4.79 Å². The Labute approximate surface area is 91.7 Å². The van der Waals surface area contributed by atoms with Crippen molar-refractivity contribution in [1.29, 1.82) is 0 Å². The molecule has 1 amide bonds. The van der Waals surface area contributed by atoms with E-state index in [0.29, 0.717) is 32.5 Å². The van der Waals surface area contributed by atoms with Crippen LogP contribution in [0.1, 0.15) is 19.8 Å². The number of amides is 1. The van der Waals surface area contributed by atoms with Gasteiger partial charge in [0, 0.05) is 19.5 Å². The van der Waals surface area contributed by atoms with E-state index in [1.807, 2.05) is 0 Å². The maximum atomic E-state index is 11.3. The number of hydrogen-bond donors (Lipinski definition) is 0. The molecule has 0 N–H and O–H groups in total. The molecule has 80 valence electrons. The van der Waals surface area contributed by atoms with Gasteiger partial charge in [-0.05, 0) is 13.3 Å². The van der Waals surface area contributed by atoms with Crippen LogP contribution in [-0.4, -0.2) is 41.3 Å².